The molecular formula is C103H102Cl2F2N22O5. The van der Waals surface area contributed by atoms with Crippen molar-refractivity contribution in [1.29, 1.82) is 0 Å². The number of benzene rings is 6. The lowest BCUT2D eigenvalue weighted by Crippen LogP contribution is -2.35. The third-order valence-corrected chi connectivity index (χ3v) is 25.7. The highest BCUT2D eigenvalue weighted by Crippen LogP contribution is 2.39. The van der Waals surface area contributed by atoms with Crippen molar-refractivity contribution in [3.8, 4) is 34.1 Å². The van der Waals surface area contributed by atoms with E-state index in [9.17, 15) is 13.6 Å². The Morgan fingerprint density at radius 2 is 0.761 bits per heavy atom. The normalized spacial score (nSPS) is 17.7. The number of nitrogens with one attached hydrogen (secondary N) is 4. The van der Waals surface area contributed by atoms with Gasteiger partial charge < -0.3 is 40.2 Å². The minimum absolute atomic E-state index is 0.00894. The molecule has 12 aromatic heterocycles. The first kappa shape index (κ1) is 89.9. The van der Waals surface area contributed by atoms with Crippen LogP contribution in [0.25, 0.3) is 99.5 Å². The molecule has 0 radical (unpaired) electrons. The third kappa shape index (κ3) is 20.1. The number of aryl methyl sites for hydroxylation is 3. The summed E-state index contributed by atoms with van der Waals surface area (Å²) in [6.45, 7) is 16.6. The van der Waals surface area contributed by atoms with Crippen LogP contribution in [0.5, 0.6) is 0 Å². The number of fused-ring (bicyclic) bond motifs is 6. The number of nitrogens with zero attached hydrogens (tertiary/aromatic N) is 18. The Hall–Kier alpha value is -13.3. The van der Waals surface area contributed by atoms with Crippen LogP contribution >= 0.6 is 23.2 Å². The lowest BCUT2D eigenvalue weighted by Gasteiger charge is -2.22. The van der Waals surface area contributed by atoms with Gasteiger partial charge in [0.15, 0.2) is 5.82 Å². The van der Waals surface area contributed by atoms with Crippen molar-refractivity contribution in [3.05, 3.63) is 323 Å². The van der Waals surface area contributed by atoms with Gasteiger partial charge in [0.2, 0.25) is 5.91 Å². The number of carbonyl (C=O) groups excluding carboxylic acids is 1. The number of pyridine rings is 6. The first-order valence-electron chi connectivity index (χ1n) is 45.7. The number of carbonyl (C=O) groups is 1. The summed E-state index contributed by atoms with van der Waals surface area (Å²) in [7, 11) is 0. The minimum atomic E-state index is -0.344. The molecular weight excluding hydrogens is 1730 g/mol. The largest absolute Gasteiger partial charge is 0.381 e. The van der Waals surface area contributed by atoms with Crippen LogP contribution in [0.15, 0.2) is 250 Å². The predicted octanol–water partition coefficient (Wildman–Crippen LogP) is 18.6. The van der Waals surface area contributed by atoms with E-state index < -0.39 is 0 Å². The quantitative estimate of drug-likeness (QED) is 0.0884. The predicted molar refractivity (Wildman–Crippen MR) is 516 cm³/mol. The molecule has 0 saturated carbocycles. The van der Waals surface area contributed by atoms with Crippen LogP contribution < -0.4 is 21.3 Å². The van der Waals surface area contributed by atoms with Crippen LogP contribution in [0.3, 0.4) is 0 Å². The van der Waals surface area contributed by atoms with Crippen molar-refractivity contribution < 1.29 is 32.5 Å². The van der Waals surface area contributed by atoms with Crippen LogP contribution in [-0.2, 0) is 23.7 Å². The van der Waals surface area contributed by atoms with Crippen molar-refractivity contribution in [2.45, 2.75) is 108 Å². The van der Waals surface area contributed by atoms with Gasteiger partial charge in [0.25, 0.3) is 0 Å². The molecule has 18 heterocycles. The molecule has 134 heavy (non-hydrogen) atoms. The van der Waals surface area contributed by atoms with E-state index in [0.717, 1.165) is 221 Å². The molecule has 0 bridgehead atoms. The van der Waals surface area contributed by atoms with Crippen molar-refractivity contribution in [2.24, 2.45) is 0 Å². The Morgan fingerprint density at radius 3 is 1.20 bits per heavy atom. The molecule has 6 saturated heterocycles. The number of hydrogen-bond acceptors (Lipinski definition) is 20. The van der Waals surface area contributed by atoms with Crippen molar-refractivity contribution in [3.63, 3.8) is 0 Å². The molecule has 31 heteroatoms. The molecule has 6 aliphatic heterocycles. The van der Waals surface area contributed by atoms with E-state index >= 15 is 0 Å². The SMILES string of the molecule is Cc1ccc(-n2nc(C3CCC(=O)NC3)c3ccncc32)cc1.Cc1ccc(-n2nc(C3CNCCO3)c3ccncc32)cc1.Cc1ccc(-n2nc(C3COCCN3)c3ccncc32)cc1.Clc1ccc(-n2nc(C3CCNCC3)c3ccncc32)cc1.Fc1ccc(-n2nc(C3CCOCC3)c3ccncc32)cc1.Fc1cncc2c1c(C1CCCOC1)nn2-c1ccc(Cl)cc1. The smallest absolute Gasteiger partial charge is 0.220 e. The highest BCUT2D eigenvalue weighted by atomic mass is 35.5. The van der Waals surface area contributed by atoms with Gasteiger partial charge in [-0.25, -0.2) is 36.9 Å². The second-order valence-electron chi connectivity index (χ2n) is 34.2. The van der Waals surface area contributed by atoms with Gasteiger partial charge in [-0.2, -0.15) is 30.6 Å². The van der Waals surface area contributed by atoms with Gasteiger partial charge in [-0.3, -0.25) is 34.7 Å². The molecule has 6 aromatic carbocycles. The third-order valence-electron chi connectivity index (χ3n) is 25.2. The molecule has 4 unspecified atom stereocenters. The van der Waals surface area contributed by atoms with E-state index in [0.29, 0.717) is 60.5 Å². The topological polar surface area (TPSA) is 286 Å². The fourth-order valence-electron chi connectivity index (χ4n) is 18.1. The zero-order valence-electron chi connectivity index (χ0n) is 74.6. The highest BCUT2D eigenvalue weighted by molar-refractivity contribution is 6.31. The first-order chi connectivity index (χ1) is 65.8. The van der Waals surface area contributed by atoms with Gasteiger partial charge in [0, 0.05) is 144 Å². The van der Waals surface area contributed by atoms with Gasteiger partial charge in [-0.05, 0) is 218 Å². The second kappa shape index (κ2) is 41.9. The number of rotatable bonds is 12. The van der Waals surface area contributed by atoms with Crippen LogP contribution in [0.4, 0.5) is 8.78 Å². The molecule has 0 aliphatic carbocycles. The number of halogens is 4. The van der Waals surface area contributed by atoms with Crippen molar-refractivity contribution >= 4 is 94.5 Å². The Morgan fingerprint density at radius 1 is 0.351 bits per heavy atom. The Bertz CT molecular complexity index is 6480. The molecule has 6 aliphatic rings. The van der Waals surface area contributed by atoms with Gasteiger partial charge in [0.05, 0.1) is 177 Å². The van der Waals surface area contributed by atoms with Crippen molar-refractivity contribution in [1.82, 2.24) is 110 Å². The lowest BCUT2D eigenvalue weighted by molar-refractivity contribution is -0.122. The molecule has 4 N–H and O–H groups in total. The van der Waals surface area contributed by atoms with E-state index in [-0.39, 0.29) is 41.5 Å². The Labute approximate surface area is 782 Å². The van der Waals surface area contributed by atoms with Gasteiger partial charge in [0.1, 0.15) is 17.6 Å². The zero-order chi connectivity index (χ0) is 91.4. The average Bonchev–Trinajstić information content (AvgIpc) is 1.56. The fraction of sp³-hybridized carbons (Fsp3) is 0.291. The number of hydrogen-bond donors (Lipinski definition) is 4. The van der Waals surface area contributed by atoms with Crippen LogP contribution in [0, 0.1) is 32.4 Å². The van der Waals surface area contributed by atoms with Gasteiger partial charge >= 0.3 is 0 Å². The second-order valence-corrected chi connectivity index (χ2v) is 35.1. The number of aromatic nitrogens is 18. The number of ether oxygens (including phenoxy) is 4. The summed E-state index contributed by atoms with van der Waals surface area (Å²) in [6.07, 6.45) is 28.8. The summed E-state index contributed by atoms with van der Waals surface area (Å²) < 4.78 is 61.5. The van der Waals surface area contributed by atoms with Gasteiger partial charge in [-0.15, -0.1) is 0 Å². The molecule has 0 spiro atoms. The minimum Gasteiger partial charge on any atom is -0.381 e. The van der Waals surface area contributed by atoms with E-state index in [4.69, 9.17) is 67.6 Å². The van der Waals surface area contributed by atoms with Crippen LogP contribution in [0.2, 0.25) is 10.0 Å². The summed E-state index contributed by atoms with van der Waals surface area (Å²) in [5.74, 6) is 0.817. The first-order valence-corrected chi connectivity index (χ1v) is 46.4. The zero-order valence-corrected chi connectivity index (χ0v) is 76.1. The number of piperidine rings is 2. The maximum absolute atomic E-state index is 14.4. The van der Waals surface area contributed by atoms with Gasteiger partial charge in [-0.1, -0.05) is 76.3 Å². The Kier molecular flexibility index (Phi) is 28.1. The fourth-order valence-corrected chi connectivity index (χ4v) is 18.4. The van der Waals surface area contributed by atoms with E-state index in [1.807, 2.05) is 134 Å². The van der Waals surface area contributed by atoms with Crippen LogP contribution in [-0.4, -0.2) is 180 Å². The maximum atomic E-state index is 14.4. The lowest BCUT2D eigenvalue weighted by atomic mass is 9.93. The monoisotopic (exact) mass is 1830 g/mol. The summed E-state index contributed by atoms with van der Waals surface area (Å²) in [5, 5.41) is 49.7. The molecule has 6 fully saturated rings. The number of morpholine rings is 2. The van der Waals surface area contributed by atoms with E-state index in [2.05, 4.69) is 156 Å². The molecule has 18 aromatic rings. The van der Waals surface area contributed by atoms with Crippen LogP contribution in [0.1, 0.15) is 138 Å². The summed E-state index contributed by atoms with van der Waals surface area (Å²) in [5.41, 5.74) is 21.3. The standard InChI is InChI=1S/C18H18N4O.C17H15ClFN3O.C17H17ClN4.C17H16FN3O.2C17H18N4O/c1-12-2-5-14(6-3-12)22-16-11-19-9-8-15(16)18(21-22)13-4-7-17(23)20-10-13;18-12-3-5-13(6-4-12)22-15-9-20-8-14(19)16(15)17(21-22)11-2-1-7-23-10-11;18-13-1-3-14(4-2-13)22-16-11-20-10-7-15(16)17(21-22)12-5-8-19-9-6-12;18-13-1-3-14(4-2-13)21-16-11-19-8-5-15(16)17(20-21)12-6-9-22-10-7-12;1-12-2-4-13(5-3-12)21-16-10-18-7-6-14(16)17(20-21)15-11-22-9-8-19-15;1-12-2-4-13(5-3-12)21-15-10-18-7-6-14(15)17(20-21)16-11-19-8-9-22-16/h2-3,5-6,8-9,11,13H,4,7,10H2,1H3,(H,20,23);3-6,8-9,11H,1-2,7,10H2;1-4,7,10-12,19H,5-6,8-9H2;1-5,8,11-12H,6-7,9-10H2;2-7,10,15,19H,8-9,11H2,1H3;2-7,10,16,19H,8-9,11H2,1H3. The average molecular weight is 1840 g/mol. The number of amides is 1. The molecule has 27 nitrogen and oxygen atoms in total. The highest BCUT2D eigenvalue weighted by Gasteiger charge is 2.31. The van der Waals surface area contributed by atoms with Crippen molar-refractivity contribution in [2.75, 3.05) is 85.5 Å². The molecule has 4 atom stereocenters. The molecule has 1 amide bonds. The summed E-state index contributed by atoms with van der Waals surface area (Å²) in [4.78, 5) is 36.7. The molecule has 24 rings (SSSR count). The molecule has 682 valence electrons. The van der Waals surface area contributed by atoms with E-state index in [1.54, 1.807) is 47.5 Å². The summed E-state index contributed by atoms with van der Waals surface area (Å²) >= 11 is 11.9. The van der Waals surface area contributed by atoms with E-state index in [1.165, 1.54) is 46.1 Å². The maximum Gasteiger partial charge on any atom is 0.220 e. The Balaban J connectivity index is 0.000000103. The summed E-state index contributed by atoms with van der Waals surface area (Å²) in [6, 6.07) is 56.8.